The van der Waals surface area contributed by atoms with Crippen LogP contribution in [-0.2, 0) is 13.1 Å². The molecule has 0 unspecified atom stereocenters. The summed E-state index contributed by atoms with van der Waals surface area (Å²) in [6.45, 7) is 1.13. The van der Waals surface area contributed by atoms with Crippen LogP contribution in [0.4, 0.5) is 10.5 Å². The van der Waals surface area contributed by atoms with Gasteiger partial charge in [0.1, 0.15) is 0 Å². The highest BCUT2D eigenvalue weighted by Gasteiger charge is 2.27. The summed E-state index contributed by atoms with van der Waals surface area (Å²) in [6.07, 6.45) is 1.75. The fraction of sp³-hybridized carbons (Fsp3) is 0.200. The van der Waals surface area contributed by atoms with Gasteiger partial charge in [-0.25, -0.2) is 4.79 Å². The van der Waals surface area contributed by atoms with Gasteiger partial charge in [-0.2, -0.15) is 0 Å². The Morgan fingerprint density at radius 3 is 2.80 bits per heavy atom. The number of carbonyl (C=O) groups excluding carboxylic acids is 1. The summed E-state index contributed by atoms with van der Waals surface area (Å²) in [5.74, 6) is 0. The lowest BCUT2D eigenvalue weighted by molar-refractivity contribution is 0.210. The van der Waals surface area contributed by atoms with Gasteiger partial charge in [0.15, 0.2) is 0 Å². The van der Waals surface area contributed by atoms with E-state index in [9.17, 15) is 4.79 Å². The van der Waals surface area contributed by atoms with Crippen molar-refractivity contribution in [1.82, 2.24) is 9.88 Å². The van der Waals surface area contributed by atoms with E-state index < -0.39 is 0 Å². The Bertz CT molecular complexity index is 642. The van der Waals surface area contributed by atoms with Gasteiger partial charge in [0.05, 0.1) is 17.9 Å². The van der Waals surface area contributed by atoms with E-state index in [4.69, 9.17) is 0 Å². The van der Waals surface area contributed by atoms with Crippen LogP contribution in [0.1, 0.15) is 11.3 Å². The lowest BCUT2D eigenvalue weighted by Crippen LogP contribution is -2.44. The van der Waals surface area contributed by atoms with E-state index in [0.29, 0.717) is 13.1 Å². The number of pyridine rings is 1. The minimum Gasteiger partial charge on any atom is -0.323 e. The summed E-state index contributed by atoms with van der Waals surface area (Å²) >= 11 is 3.37. The zero-order chi connectivity index (χ0) is 14.1. The third-order valence-corrected chi connectivity index (χ3v) is 3.83. The highest BCUT2D eigenvalue weighted by Crippen LogP contribution is 2.28. The molecule has 20 heavy (non-hydrogen) atoms. The number of aromatic nitrogens is 1. The molecule has 0 atom stereocenters. The van der Waals surface area contributed by atoms with Gasteiger partial charge < -0.3 is 4.90 Å². The standard InChI is InChI=1S/C15H14BrN3O/c1-18-9-11-4-2-3-5-14(11)19(15(18)20)10-13-7-6-12(16)8-17-13/h2-8H,9-10H2,1H3. The summed E-state index contributed by atoms with van der Waals surface area (Å²) in [5, 5.41) is 0. The SMILES string of the molecule is CN1Cc2ccccc2N(Cc2ccc(Br)cn2)C1=O. The molecule has 0 spiro atoms. The number of amides is 2. The second kappa shape index (κ2) is 5.25. The number of carbonyl (C=O) groups is 1. The molecule has 1 aromatic carbocycles. The summed E-state index contributed by atoms with van der Waals surface area (Å²) in [4.78, 5) is 20.2. The van der Waals surface area contributed by atoms with E-state index in [-0.39, 0.29) is 6.03 Å². The lowest BCUT2D eigenvalue weighted by Gasteiger charge is -2.34. The quantitative estimate of drug-likeness (QED) is 0.845. The molecule has 5 heteroatoms. The molecular formula is C15H14BrN3O. The van der Waals surface area contributed by atoms with Crippen molar-refractivity contribution in [2.75, 3.05) is 11.9 Å². The number of urea groups is 1. The van der Waals surface area contributed by atoms with Crippen LogP contribution in [-0.4, -0.2) is 23.0 Å². The highest BCUT2D eigenvalue weighted by atomic mass is 79.9. The highest BCUT2D eigenvalue weighted by molar-refractivity contribution is 9.10. The molecule has 0 fully saturated rings. The molecule has 2 heterocycles. The number of hydrogen-bond donors (Lipinski definition) is 0. The number of anilines is 1. The summed E-state index contributed by atoms with van der Waals surface area (Å²) in [5.41, 5.74) is 3.00. The van der Waals surface area contributed by atoms with Crippen molar-refractivity contribution in [3.05, 3.63) is 58.3 Å². The molecule has 1 aromatic heterocycles. The Kier molecular flexibility index (Phi) is 3.44. The van der Waals surface area contributed by atoms with Crippen LogP contribution in [0.5, 0.6) is 0 Å². The first-order chi connectivity index (χ1) is 9.65. The van der Waals surface area contributed by atoms with Crippen LogP contribution in [0, 0.1) is 0 Å². The third kappa shape index (κ3) is 2.41. The number of para-hydroxylation sites is 1. The van der Waals surface area contributed by atoms with Gasteiger partial charge >= 0.3 is 6.03 Å². The zero-order valence-electron chi connectivity index (χ0n) is 11.1. The molecule has 2 amide bonds. The first kappa shape index (κ1) is 13.1. The molecular weight excluding hydrogens is 318 g/mol. The number of halogens is 1. The molecule has 2 aromatic rings. The van der Waals surface area contributed by atoms with E-state index in [1.807, 2.05) is 37.4 Å². The van der Waals surface area contributed by atoms with Crippen molar-refractivity contribution in [2.45, 2.75) is 13.1 Å². The van der Waals surface area contributed by atoms with Crippen LogP contribution >= 0.6 is 15.9 Å². The van der Waals surface area contributed by atoms with Gasteiger partial charge in [-0.3, -0.25) is 9.88 Å². The molecule has 0 bridgehead atoms. The zero-order valence-corrected chi connectivity index (χ0v) is 12.7. The van der Waals surface area contributed by atoms with Crippen molar-refractivity contribution in [1.29, 1.82) is 0 Å². The minimum absolute atomic E-state index is 0.00780. The molecule has 0 aliphatic carbocycles. The third-order valence-electron chi connectivity index (χ3n) is 3.36. The molecule has 1 aliphatic heterocycles. The normalized spacial score (nSPS) is 14.4. The van der Waals surface area contributed by atoms with Crippen molar-refractivity contribution in [2.24, 2.45) is 0 Å². The molecule has 0 saturated carbocycles. The first-order valence-electron chi connectivity index (χ1n) is 6.36. The van der Waals surface area contributed by atoms with Crippen LogP contribution in [0.3, 0.4) is 0 Å². The fourth-order valence-corrected chi connectivity index (χ4v) is 2.59. The summed E-state index contributed by atoms with van der Waals surface area (Å²) in [7, 11) is 1.82. The number of nitrogens with zero attached hydrogens (tertiary/aromatic N) is 3. The number of hydrogen-bond acceptors (Lipinski definition) is 2. The average molecular weight is 332 g/mol. The van der Waals surface area contributed by atoms with Crippen molar-refractivity contribution in [3.63, 3.8) is 0 Å². The predicted octanol–water partition coefficient (Wildman–Crippen LogP) is 3.42. The summed E-state index contributed by atoms with van der Waals surface area (Å²) < 4.78 is 0.934. The van der Waals surface area contributed by atoms with E-state index >= 15 is 0 Å². The van der Waals surface area contributed by atoms with Gasteiger partial charge in [-0.15, -0.1) is 0 Å². The van der Waals surface area contributed by atoms with Gasteiger partial charge in [-0.05, 0) is 39.7 Å². The van der Waals surface area contributed by atoms with Gasteiger partial charge in [0, 0.05) is 24.3 Å². The predicted molar refractivity (Wildman–Crippen MR) is 81.4 cm³/mol. The van der Waals surface area contributed by atoms with E-state index in [1.165, 1.54) is 0 Å². The second-order valence-electron chi connectivity index (χ2n) is 4.82. The number of benzene rings is 1. The molecule has 102 valence electrons. The van der Waals surface area contributed by atoms with Crippen LogP contribution in [0.2, 0.25) is 0 Å². The van der Waals surface area contributed by atoms with Gasteiger partial charge in [-0.1, -0.05) is 18.2 Å². The number of fused-ring (bicyclic) bond motifs is 1. The van der Waals surface area contributed by atoms with Crippen LogP contribution in [0.15, 0.2) is 47.1 Å². The average Bonchev–Trinajstić information content (AvgIpc) is 2.46. The monoisotopic (exact) mass is 331 g/mol. The van der Waals surface area contributed by atoms with Crippen LogP contribution in [0.25, 0.3) is 0 Å². The number of rotatable bonds is 2. The first-order valence-corrected chi connectivity index (χ1v) is 7.15. The molecule has 0 saturated heterocycles. The second-order valence-corrected chi connectivity index (χ2v) is 5.74. The maximum atomic E-state index is 12.4. The van der Waals surface area contributed by atoms with Crippen molar-refractivity contribution < 1.29 is 4.79 Å². The fourth-order valence-electron chi connectivity index (χ4n) is 2.35. The molecule has 1 aliphatic rings. The van der Waals surface area contributed by atoms with Crippen molar-refractivity contribution in [3.8, 4) is 0 Å². The van der Waals surface area contributed by atoms with Crippen LogP contribution < -0.4 is 4.90 Å². The lowest BCUT2D eigenvalue weighted by atomic mass is 10.1. The Balaban J connectivity index is 1.95. The molecule has 4 nitrogen and oxygen atoms in total. The van der Waals surface area contributed by atoms with E-state index in [2.05, 4.69) is 27.0 Å². The Morgan fingerprint density at radius 2 is 2.05 bits per heavy atom. The van der Waals surface area contributed by atoms with Gasteiger partial charge in [0.25, 0.3) is 0 Å². The largest absolute Gasteiger partial charge is 0.324 e. The molecule has 0 N–H and O–H groups in total. The van der Waals surface area contributed by atoms with E-state index in [1.54, 1.807) is 16.0 Å². The Hall–Kier alpha value is -1.88. The smallest absolute Gasteiger partial charge is 0.323 e. The maximum absolute atomic E-state index is 12.4. The van der Waals surface area contributed by atoms with E-state index in [0.717, 1.165) is 21.4 Å². The van der Waals surface area contributed by atoms with Crippen molar-refractivity contribution >= 4 is 27.6 Å². The molecule has 0 radical (unpaired) electrons. The molecule has 3 rings (SSSR count). The summed E-state index contributed by atoms with van der Waals surface area (Å²) in [6, 6.07) is 11.9. The minimum atomic E-state index is 0.00780. The van der Waals surface area contributed by atoms with Gasteiger partial charge in [0.2, 0.25) is 0 Å². The Labute approximate surface area is 126 Å². The Morgan fingerprint density at radius 1 is 1.25 bits per heavy atom. The topological polar surface area (TPSA) is 36.4 Å². The maximum Gasteiger partial charge on any atom is 0.324 e.